The molecule has 1 rings (SSSR count). The van der Waals surface area contributed by atoms with Crippen LogP contribution in [0.3, 0.4) is 0 Å². The number of nitrogens with one attached hydrogen (secondary N) is 1. The van der Waals surface area contributed by atoms with Gasteiger partial charge in [0.15, 0.2) is 0 Å². The van der Waals surface area contributed by atoms with Crippen molar-refractivity contribution >= 4 is 30.1 Å². The number of hydrogen-bond donors (Lipinski definition) is 2. The maximum atomic E-state index is 11.5. The SMILES string of the molecule is CCCNC(=O)c1cc(S)ccc1Cl. The molecule has 0 atom stereocenters. The molecule has 0 aliphatic rings. The highest BCUT2D eigenvalue weighted by atomic mass is 35.5. The lowest BCUT2D eigenvalue weighted by atomic mass is 10.2. The van der Waals surface area contributed by atoms with Crippen molar-refractivity contribution in [1.82, 2.24) is 5.32 Å². The van der Waals surface area contributed by atoms with Crippen LogP contribution in [0.25, 0.3) is 0 Å². The normalized spacial score (nSPS) is 9.93. The molecule has 0 unspecified atom stereocenters. The van der Waals surface area contributed by atoms with Gasteiger partial charge < -0.3 is 5.32 Å². The predicted molar refractivity (Wildman–Crippen MR) is 61.3 cm³/mol. The average molecular weight is 230 g/mol. The van der Waals surface area contributed by atoms with Crippen LogP contribution in [-0.4, -0.2) is 12.5 Å². The van der Waals surface area contributed by atoms with E-state index in [4.69, 9.17) is 11.6 Å². The first-order valence-electron chi connectivity index (χ1n) is 4.42. The lowest BCUT2D eigenvalue weighted by Gasteiger charge is -2.05. The highest BCUT2D eigenvalue weighted by Crippen LogP contribution is 2.19. The van der Waals surface area contributed by atoms with E-state index in [-0.39, 0.29) is 5.91 Å². The zero-order valence-corrected chi connectivity index (χ0v) is 9.53. The van der Waals surface area contributed by atoms with Crippen LogP contribution in [0.1, 0.15) is 23.7 Å². The van der Waals surface area contributed by atoms with E-state index in [0.717, 1.165) is 11.3 Å². The number of benzene rings is 1. The molecular weight excluding hydrogens is 218 g/mol. The summed E-state index contributed by atoms with van der Waals surface area (Å²) in [5.74, 6) is -0.146. The lowest BCUT2D eigenvalue weighted by molar-refractivity contribution is 0.0953. The molecule has 0 bridgehead atoms. The molecule has 0 spiro atoms. The molecule has 0 fully saturated rings. The Kier molecular flexibility index (Phi) is 4.29. The van der Waals surface area contributed by atoms with Crippen molar-refractivity contribution in [3.05, 3.63) is 28.8 Å². The van der Waals surface area contributed by atoms with Gasteiger partial charge in [-0.15, -0.1) is 12.6 Å². The van der Waals surface area contributed by atoms with E-state index in [1.54, 1.807) is 18.2 Å². The summed E-state index contributed by atoms with van der Waals surface area (Å²) in [4.78, 5) is 12.3. The van der Waals surface area contributed by atoms with E-state index in [0.29, 0.717) is 17.1 Å². The number of rotatable bonds is 3. The van der Waals surface area contributed by atoms with E-state index in [1.807, 2.05) is 6.92 Å². The quantitative estimate of drug-likeness (QED) is 0.767. The number of hydrogen-bond acceptors (Lipinski definition) is 2. The van der Waals surface area contributed by atoms with E-state index < -0.39 is 0 Å². The van der Waals surface area contributed by atoms with Gasteiger partial charge in [0, 0.05) is 11.4 Å². The standard InChI is InChI=1S/C10H12ClNOS/c1-2-5-12-10(13)8-6-7(14)3-4-9(8)11/h3-4,6,14H,2,5H2,1H3,(H,12,13). The molecule has 1 N–H and O–H groups in total. The van der Waals surface area contributed by atoms with Gasteiger partial charge in [-0.3, -0.25) is 4.79 Å². The monoisotopic (exact) mass is 229 g/mol. The van der Waals surface area contributed by atoms with Gasteiger partial charge in [-0.25, -0.2) is 0 Å². The van der Waals surface area contributed by atoms with Crippen molar-refractivity contribution in [1.29, 1.82) is 0 Å². The van der Waals surface area contributed by atoms with Crippen molar-refractivity contribution in [2.45, 2.75) is 18.2 Å². The van der Waals surface area contributed by atoms with E-state index in [2.05, 4.69) is 17.9 Å². The van der Waals surface area contributed by atoms with Gasteiger partial charge in [0.05, 0.1) is 10.6 Å². The van der Waals surface area contributed by atoms with Crippen molar-refractivity contribution in [2.24, 2.45) is 0 Å². The lowest BCUT2D eigenvalue weighted by Crippen LogP contribution is -2.24. The summed E-state index contributed by atoms with van der Waals surface area (Å²) in [6.07, 6.45) is 0.907. The summed E-state index contributed by atoms with van der Waals surface area (Å²) in [5.41, 5.74) is 0.479. The second kappa shape index (κ2) is 5.27. The molecule has 0 aliphatic heterocycles. The Morgan fingerprint density at radius 2 is 2.29 bits per heavy atom. The van der Waals surface area contributed by atoms with Gasteiger partial charge in [0.1, 0.15) is 0 Å². The third kappa shape index (κ3) is 2.93. The highest BCUT2D eigenvalue weighted by Gasteiger charge is 2.09. The largest absolute Gasteiger partial charge is 0.352 e. The van der Waals surface area contributed by atoms with Crippen molar-refractivity contribution in [3.63, 3.8) is 0 Å². The summed E-state index contributed by atoms with van der Waals surface area (Å²) in [6, 6.07) is 5.09. The van der Waals surface area contributed by atoms with Crippen molar-refractivity contribution in [2.75, 3.05) is 6.54 Å². The average Bonchev–Trinajstić information content (AvgIpc) is 2.18. The summed E-state index contributed by atoms with van der Waals surface area (Å²) < 4.78 is 0. The molecule has 4 heteroatoms. The van der Waals surface area contributed by atoms with Gasteiger partial charge in [-0.2, -0.15) is 0 Å². The van der Waals surface area contributed by atoms with Crippen LogP contribution in [0.4, 0.5) is 0 Å². The molecule has 1 amide bonds. The van der Waals surface area contributed by atoms with Gasteiger partial charge in [-0.05, 0) is 24.6 Å². The number of carbonyl (C=O) groups excluding carboxylic acids is 1. The maximum absolute atomic E-state index is 11.5. The van der Waals surface area contributed by atoms with Gasteiger partial charge in [0.2, 0.25) is 0 Å². The van der Waals surface area contributed by atoms with Crippen molar-refractivity contribution < 1.29 is 4.79 Å². The van der Waals surface area contributed by atoms with Crippen LogP contribution >= 0.6 is 24.2 Å². The number of thiol groups is 1. The number of halogens is 1. The van der Waals surface area contributed by atoms with Gasteiger partial charge in [0.25, 0.3) is 5.91 Å². The third-order valence-corrected chi connectivity index (χ3v) is 2.34. The minimum atomic E-state index is -0.146. The van der Waals surface area contributed by atoms with E-state index in [9.17, 15) is 4.79 Å². The molecule has 1 aromatic rings. The van der Waals surface area contributed by atoms with Crippen LogP contribution in [0.5, 0.6) is 0 Å². The molecule has 0 aliphatic carbocycles. The minimum Gasteiger partial charge on any atom is -0.352 e. The first-order chi connectivity index (χ1) is 6.65. The Morgan fingerprint density at radius 1 is 1.57 bits per heavy atom. The van der Waals surface area contributed by atoms with Crippen LogP contribution in [-0.2, 0) is 0 Å². The van der Waals surface area contributed by atoms with Gasteiger partial charge >= 0.3 is 0 Å². The smallest absolute Gasteiger partial charge is 0.252 e. The second-order valence-electron chi connectivity index (χ2n) is 2.92. The zero-order valence-electron chi connectivity index (χ0n) is 7.88. The van der Waals surface area contributed by atoms with E-state index >= 15 is 0 Å². The fourth-order valence-electron chi connectivity index (χ4n) is 1.02. The molecule has 0 heterocycles. The highest BCUT2D eigenvalue weighted by molar-refractivity contribution is 7.80. The van der Waals surface area contributed by atoms with Crippen molar-refractivity contribution in [3.8, 4) is 0 Å². The molecule has 0 radical (unpaired) electrons. The molecule has 14 heavy (non-hydrogen) atoms. The molecule has 0 aromatic heterocycles. The van der Waals surface area contributed by atoms with Crippen LogP contribution in [0.15, 0.2) is 23.1 Å². The Bertz CT molecular complexity index is 341. The molecular formula is C10H12ClNOS. The summed E-state index contributed by atoms with van der Waals surface area (Å²) in [6.45, 7) is 2.66. The fraction of sp³-hybridized carbons (Fsp3) is 0.300. The fourth-order valence-corrected chi connectivity index (χ4v) is 1.43. The molecule has 1 aromatic carbocycles. The zero-order chi connectivity index (χ0) is 10.6. The van der Waals surface area contributed by atoms with E-state index in [1.165, 1.54) is 0 Å². The number of amides is 1. The molecule has 0 saturated heterocycles. The Balaban J connectivity index is 2.83. The molecule has 76 valence electrons. The Labute approximate surface area is 94.1 Å². The van der Waals surface area contributed by atoms with Crippen LogP contribution in [0, 0.1) is 0 Å². The first-order valence-corrected chi connectivity index (χ1v) is 5.24. The Hall–Kier alpha value is -0.670. The minimum absolute atomic E-state index is 0.146. The first kappa shape index (κ1) is 11.4. The molecule has 2 nitrogen and oxygen atoms in total. The maximum Gasteiger partial charge on any atom is 0.252 e. The predicted octanol–water partition coefficient (Wildman–Crippen LogP) is 2.77. The van der Waals surface area contributed by atoms with Crippen LogP contribution < -0.4 is 5.32 Å². The second-order valence-corrected chi connectivity index (χ2v) is 3.84. The third-order valence-electron chi connectivity index (χ3n) is 1.73. The van der Waals surface area contributed by atoms with Crippen LogP contribution in [0.2, 0.25) is 5.02 Å². The molecule has 0 saturated carbocycles. The van der Waals surface area contributed by atoms with Gasteiger partial charge in [-0.1, -0.05) is 18.5 Å². The Morgan fingerprint density at radius 3 is 2.93 bits per heavy atom. The summed E-state index contributed by atoms with van der Waals surface area (Å²) >= 11 is 10.0. The summed E-state index contributed by atoms with van der Waals surface area (Å²) in [7, 11) is 0. The number of carbonyl (C=O) groups is 1. The summed E-state index contributed by atoms with van der Waals surface area (Å²) in [5, 5.41) is 3.21. The topological polar surface area (TPSA) is 29.1 Å².